The fourth-order valence-electron chi connectivity index (χ4n) is 5.56. The van der Waals surface area contributed by atoms with E-state index >= 15 is 0 Å². The Morgan fingerprint density at radius 2 is 1.77 bits per heavy atom. The first kappa shape index (κ1) is 20.1. The Balaban J connectivity index is 1.46. The molecule has 4 heteroatoms. The highest BCUT2D eigenvalue weighted by Gasteiger charge is 2.42. The minimum absolute atomic E-state index is 0.352. The fourth-order valence-corrected chi connectivity index (χ4v) is 5.56. The summed E-state index contributed by atoms with van der Waals surface area (Å²) in [6.07, 6.45) is 12.6. The summed E-state index contributed by atoms with van der Waals surface area (Å²) in [6, 6.07) is 0. The van der Waals surface area contributed by atoms with Gasteiger partial charge in [-0.3, -0.25) is 9.69 Å². The van der Waals surface area contributed by atoms with Gasteiger partial charge in [-0.2, -0.15) is 0 Å². The first-order valence-corrected chi connectivity index (χ1v) is 11.4. The van der Waals surface area contributed by atoms with E-state index in [9.17, 15) is 4.79 Å². The second-order valence-electron chi connectivity index (χ2n) is 9.20. The van der Waals surface area contributed by atoms with Crippen LogP contribution in [-0.4, -0.2) is 73.0 Å². The van der Waals surface area contributed by atoms with Gasteiger partial charge < -0.3 is 9.80 Å². The summed E-state index contributed by atoms with van der Waals surface area (Å²) >= 11 is 0. The lowest BCUT2D eigenvalue weighted by molar-refractivity contribution is -0.131. The van der Waals surface area contributed by atoms with Gasteiger partial charge in [-0.05, 0) is 57.8 Å². The Morgan fingerprint density at radius 1 is 1.00 bits per heavy atom. The summed E-state index contributed by atoms with van der Waals surface area (Å²) < 4.78 is 0. The maximum Gasteiger partial charge on any atom is 0.236 e. The Kier molecular flexibility index (Phi) is 7.39. The number of carbonyl (C=O) groups is 1. The molecule has 0 bridgehead atoms. The van der Waals surface area contributed by atoms with Crippen LogP contribution in [0.2, 0.25) is 0 Å². The van der Waals surface area contributed by atoms with E-state index in [2.05, 4.69) is 28.5 Å². The molecular weight excluding hydrogens is 322 g/mol. The van der Waals surface area contributed by atoms with Crippen molar-refractivity contribution < 1.29 is 4.79 Å². The van der Waals surface area contributed by atoms with Gasteiger partial charge in [0.1, 0.15) is 0 Å². The van der Waals surface area contributed by atoms with Crippen LogP contribution in [0.4, 0.5) is 0 Å². The molecule has 0 aromatic heterocycles. The van der Waals surface area contributed by atoms with E-state index in [1.54, 1.807) is 0 Å². The number of hydrogen-bond donors (Lipinski definition) is 0. The van der Waals surface area contributed by atoms with E-state index in [4.69, 9.17) is 0 Å². The van der Waals surface area contributed by atoms with E-state index < -0.39 is 0 Å². The molecule has 26 heavy (non-hydrogen) atoms. The number of likely N-dealkylation sites (N-methyl/N-ethyl adjacent to an activating group) is 1. The molecule has 4 nitrogen and oxygen atoms in total. The highest BCUT2D eigenvalue weighted by atomic mass is 16.2. The molecular formula is C22H41N3O. The summed E-state index contributed by atoms with van der Waals surface area (Å²) in [5.74, 6) is 1.34. The highest BCUT2D eigenvalue weighted by molar-refractivity contribution is 5.78. The van der Waals surface area contributed by atoms with Gasteiger partial charge in [0.15, 0.2) is 0 Å². The second kappa shape index (κ2) is 9.54. The molecule has 3 aliphatic rings. The van der Waals surface area contributed by atoms with Crippen molar-refractivity contribution in [2.24, 2.45) is 11.3 Å². The Hall–Kier alpha value is -0.610. The third kappa shape index (κ3) is 5.22. The Labute approximate surface area is 161 Å². The van der Waals surface area contributed by atoms with Gasteiger partial charge in [-0.25, -0.2) is 0 Å². The van der Waals surface area contributed by atoms with Crippen LogP contribution in [0.25, 0.3) is 0 Å². The summed E-state index contributed by atoms with van der Waals surface area (Å²) in [5, 5.41) is 0. The molecule has 2 saturated heterocycles. The van der Waals surface area contributed by atoms with Gasteiger partial charge in [0, 0.05) is 25.0 Å². The molecule has 1 atom stereocenters. The van der Waals surface area contributed by atoms with Gasteiger partial charge in [0.25, 0.3) is 0 Å². The summed E-state index contributed by atoms with van der Waals surface area (Å²) in [6.45, 7) is 12.6. The average molecular weight is 364 g/mol. The van der Waals surface area contributed by atoms with Crippen molar-refractivity contribution in [2.45, 2.75) is 71.6 Å². The SMILES string of the molecule is CCN(CC)CC(=O)N1CC[C@@]2(CCCN(CCC3CCCCC3)C2)C1. The molecule has 1 spiro atoms. The van der Waals surface area contributed by atoms with Crippen molar-refractivity contribution in [1.29, 1.82) is 0 Å². The van der Waals surface area contributed by atoms with E-state index in [1.165, 1.54) is 77.4 Å². The number of piperidine rings is 1. The monoisotopic (exact) mass is 363 g/mol. The van der Waals surface area contributed by atoms with Crippen molar-refractivity contribution >= 4 is 5.91 Å². The number of hydrogen-bond acceptors (Lipinski definition) is 3. The molecule has 2 aliphatic heterocycles. The largest absolute Gasteiger partial charge is 0.341 e. The van der Waals surface area contributed by atoms with Crippen LogP contribution in [0, 0.1) is 11.3 Å². The molecule has 2 heterocycles. The molecule has 1 amide bonds. The van der Waals surface area contributed by atoms with Gasteiger partial charge >= 0.3 is 0 Å². The quantitative estimate of drug-likeness (QED) is 0.691. The predicted molar refractivity (Wildman–Crippen MR) is 108 cm³/mol. The van der Waals surface area contributed by atoms with Crippen LogP contribution in [0.5, 0.6) is 0 Å². The maximum atomic E-state index is 12.7. The smallest absolute Gasteiger partial charge is 0.236 e. The van der Waals surface area contributed by atoms with E-state index in [1.807, 2.05) is 0 Å². The summed E-state index contributed by atoms with van der Waals surface area (Å²) in [7, 11) is 0. The molecule has 0 N–H and O–H groups in total. The Bertz CT molecular complexity index is 445. The Morgan fingerprint density at radius 3 is 2.50 bits per heavy atom. The highest BCUT2D eigenvalue weighted by Crippen LogP contribution is 2.39. The fraction of sp³-hybridized carbons (Fsp3) is 0.955. The zero-order chi connectivity index (χ0) is 18.4. The van der Waals surface area contributed by atoms with Crippen LogP contribution in [0.15, 0.2) is 0 Å². The first-order chi connectivity index (χ1) is 12.6. The van der Waals surface area contributed by atoms with E-state index in [-0.39, 0.29) is 0 Å². The molecule has 150 valence electrons. The molecule has 3 rings (SSSR count). The molecule has 0 radical (unpaired) electrons. The number of nitrogens with zero attached hydrogens (tertiary/aromatic N) is 3. The van der Waals surface area contributed by atoms with Crippen molar-refractivity contribution in [3.63, 3.8) is 0 Å². The first-order valence-electron chi connectivity index (χ1n) is 11.4. The van der Waals surface area contributed by atoms with E-state index in [0.717, 1.165) is 32.1 Å². The van der Waals surface area contributed by atoms with Crippen LogP contribution in [-0.2, 0) is 4.79 Å². The van der Waals surface area contributed by atoms with Crippen LogP contribution in [0.3, 0.4) is 0 Å². The normalized spacial score (nSPS) is 28.3. The second-order valence-corrected chi connectivity index (χ2v) is 9.20. The van der Waals surface area contributed by atoms with Gasteiger partial charge in [-0.15, -0.1) is 0 Å². The zero-order valence-corrected chi connectivity index (χ0v) is 17.3. The third-order valence-corrected chi connectivity index (χ3v) is 7.36. The number of amides is 1. The lowest BCUT2D eigenvalue weighted by Crippen LogP contribution is -2.46. The minimum atomic E-state index is 0.352. The molecule has 0 unspecified atom stereocenters. The summed E-state index contributed by atoms with van der Waals surface area (Å²) in [5.41, 5.74) is 0.393. The van der Waals surface area contributed by atoms with Crippen molar-refractivity contribution in [3.05, 3.63) is 0 Å². The van der Waals surface area contributed by atoms with Crippen LogP contribution < -0.4 is 0 Å². The maximum absolute atomic E-state index is 12.7. The molecule has 0 aromatic carbocycles. The standard InChI is InChI=1S/C22H41N3O/c1-3-23(4-2)17-21(26)25-16-13-22(19-25)12-8-14-24(18-22)15-11-20-9-6-5-7-10-20/h20H,3-19H2,1-2H3/t22-/m1/s1. The van der Waals surface area contributed by atoms with Gasteiger partial charge in [-0.1, -0.05) is 46.0 Å². The van der Waals surface area contributed by atoms with Gasteiger partial charge in [0.2, 0.25) is 5.91 Å². The minimum Gasteiger partial charge on any atom is -0.341 e. The average Bonchev–Trinajstić information content (AvgIpc) is 3.08. The molecule has 1 saturated carbocycles. The van der Waals surface area contributed by atoms with Crippen molar-refractivity contribution in [1.82, 2.24) is 14.7 Å². The number of rotatable bonds is 7. The number of carbonyl (C=O) groups excluding carboxylic acids is 1. The van der Waals surface area contributed by atoms with Crippen molar-refractivity contribution in [2.75, 3.05) is 52.4 Å². The van der Waals surface area contributed by atoms with E-state index in [0.29, 0.717) is 17.9 Å². The van der Waals surface area contributed by atoms with Gasteiger partial charge in [0.05, 0.1) is 6.54 Å². The van der Waals surface area contributed by atoms with Crippen LogP contribution in [0.1, 0.15) is 71.6 Å². The lowest BCUT2D eigenvalue weighted by atomic mass is 9.79. The van der Waals surface area contributed by atoms with Crippen molar-refractivity contribution in [3.8, 4) is 0 Å². The molecule has 1 aliphatic carbocycles. The number of likely N-dealkylation sites (tertiary alicyclic amines) is 2. The summed E-state index contributed by atoms with van der Waals surface area (Å²) in [4.78, 5) is 19.8. The third-order valence-electron chi connectivity index (χ3n) is 7.36. The topological polar surface area (TPSA) is 26.8 Å². The van der Waals surface area contributed by atoms with Crippen LogP contribution >= 0.6 is 0 Å². The lowest BCUT2D eigenvalue weighted by Gasteiger charge is -2.41. The molecule has 0 aromatic rings. The predicted octanol–water partition coefficient (Wildman–Crippen LogP) is 3.61. The molecule has 3 fully saturated rings. The zero-order valence-electron chi connectivity index (χ0n) is 17.3.